The molecule has 5 nitrogen and oxygen atoms in total. The van der Waals surface area contributed by atoms with Crippen LogP contribution in [0.2, 0.25) is 10.2 Å². The standard InChI is InChI=1S/C12H11Cl2N3O2S/c1-7-9(13)4-3-5-10(7)20(18,19)17-12-8(2)16-11(14)6-15-12/h3-6H,1-2H3,(H,15,17). The van der Waals surface area contributed by atoms with Gasteiger partial charge in [-0.25, -0.2) is 18.4 Å². The first-order chi connectivity index (χ1) is 9.31. The van der Waals surface area contributed by atoms with Crippen LogP contribution in [-0.2, 0) is 10.0 Å². The van der Waals surface area contributed by atoms with Crippen molar-refractivity contribution >= 4 is 39.0 Å². The summed E-state index contributed by atoms with van der Waals surface area (Å²) in [5.41, 5.74) is 0.863. The molecule has 1 aromatic heterocycles. The summed E-state index contributed by atoms with van der Waals surface area (Å²) >= 11 is 11.6. The number of benzene rings is 1. The molecule has 2 rings (SSSR count). The van der Waals surface area contributed by atoms with Crippen molar-refractivity contribution in [3.63, 3.8) is 0 Å². The number of anilines is 1. The van der Waals surface area contributed by atoms with Gasteiger partial charge in [-0.15, -0.1) is 0 Å². The molecule has 1 aromatic carbocycles. The normalized spacial score (nSPS) is 11.4. The molecule has 0 saturated carbocycles. The third kappa shape index (κ3) is 3.03. The lowest BCUT2D eigenvalue weighted by molar-refractivity contribution is 0.600. The fourth-order valence-electron chi connectivity index (χ4n) is 1.61. The minimum atomic E-state index is -3.78. The van der Waals surface area contributed by atoms with Crippen LogP contribution in [0.3, 0.4) is 0 Å². The van der Waals surface area contributed by atoms with Crippen molar-refractivity contribution in [3.8, 4) is 0 Å². The molecule has 0 saturated heterocycles. The molecule has 0 aliphatic heterocycles. The number of hydrogen-bond donors (Lipinski definition) is 1. The average molecular weight is 332 g/mol. The van der Waals surface area contributed by atoms with Gasteiger partial charge in [0.25, 0.3) is 10.0 Å². The van der Waals surface area contributed by atoms with Crippen molar-refractivity contribution in [3.05, 3.63) is 45.8 Å². The molecule has 2 aromatic rings. The van der Waals surface area contributed by atoms with Crippen LogP contribution >= 0.6 is 23.2 Å². The number of nitrogens with zero attached hydrogens (tertiary/aromatic N) is 2. The van der Waals surface area contributed by atoms with Gasteiger partial charge in [-0.3, -0.25) is 4.72 Å². The van der Waals surface area contributed by atoms with Gasteiger partial charge in [-0.2, -0.15) is 0 Å². The van der Waals surface area contributed by atoms with E-state index in [0.29, 0.717) is 16.3 Å². The van der Waals surface area contributed by atoms with E-state index in [-0.39, 0.29) is 15.9 Å². The smallest absolute Gasteiger partial charge is 0.262 e. The van der Waals surface area contributed by atoms with Gasteiger partial charge in [-0.1, -0.05) is 29.3 Å². The van der Waals surface area contributed by atoms with Crippen molar-refractivity contribution in [1.82, 2.24) is 9.97 Å². The summed E-state index contributed by atoms with van der Waals surface area (Å²) in [7, 11) is -3.78. The Labute approximate surface area is 127 Å². The third-order valence-electron chi connectivity index (χ3n) is 2.66. The van der Waals surface area contributed by atoms with E-state index in [2.05, 4.69) is 14.7 Å². The molecule has 106 valence electrons. The lowest BCUT2D eigenvalue weighted by Gasteiger charge is -2.11. The van der Waals surface area contributed by atoms with Crippen LogP contribution < -0.4 is 4.72 Å². The van der Waals surface area contributed by atoms with Gasteiger partial charge in [0.05, 0.1) is 16.8 Å². The summed E-state index contributed by atoms with van der Waals surface area (Å²) in [4.78, 5) is 7.96. The molecule has 1 heterocycles. The second-order valence-electron chi connectivity index (χ2n) is 4.10. The lowest BCUT2D eigenvalue weighted by Crippen LogP contribution is -2.16. The molecule has 0 unspecified atom stereocenters. The zero-order chi connectivity index (χ0) is 14.9. The fourth-order valence-corrected chi connectivity index (χ4v) is 3.36. The Morgan fingerprint density at radius 3 is 2.55 bits per heavy atom. The molecule has 0 fully saturated rings. The first-order valence-corrected chi connectivity index (χ1v) is 7.82. The maximum atomic E-state index is 12.3. The van der Waals surface area contributed by atoms with Crippen molar-refractivity contribution < 1.29 is 8.42 Å². The van der Waals surface area contributed by atoms with E-state index in [9.17, 15) is 8.42 Å². The number of rotatable bonds is 3. The molecule has 0 bridgehead atoms. The van der Waals surface area contributed by atoms with Crippen LogP contribution in [0, 0.1) is 13.8 Å². The largest absolute Gasteiger partial charge is 0.263 e. The van der Waals surface area contributed by atoms with Gasteiger partial charge in [-0.05, 0) is 31.5 Å². The molecule has 20 heavy (non-hydrogen) atoms. The van der Waals surface area contributed by atoms with Crippen LogP contribution in [0.15, 0.2) is 29.3 Å². The number of nitrogens with one attached hydrogen (secondary N) is 1. The summed E-state index contributed by atoms with van der Waals surface area (Å²) in [5.74, 6) is 0.133. The number of sulfonamides is 1. The predicted molar refractivity (Wildman–Crippen MR) is 78.8 cm³/mol. The van der Waals surface area contributed by atoms with E-state index in [1.54, 1.807) is 26.0 Å². The number of aryl methyl sites for hydroxylation is 1. The highest BCUT2D eigenvalue weighted by Crippen LogP contribution is 2.25. The molecule has 1 N–H and O–H groups in total. The van der Waals surface area contributed by atoms with E-state index in [1.165, 1.54) is 12.3 Å². The van der Waals surface area contributed by atoms with Crippen molar-refractivity contribution in [1.29, 1.82) is 0 Å². The van der Waals surface area contributed by atoms with Crippen LogP contribution in [0.25, 0.3) is 0 Å². The molecular formula is C12H11Cl2N3O2S. The summed E-state index contributed by atoms with van der Waals surface area (Å²) in [6.45, 7) is 3.25. The van der Waals surface area contributed by atoms with Crippen molar-refractivity contribution in [2.24, 2.45) is 0 Å². The highest BCUT2D eigenvalue weighted by atomic mass is 35.5. The van der Waals surface area contributed by atoms with E-state index >= 15 is 0 Å². The number of hydrogen-bond acceptors (Lipinski definition) is 4. The van der Waals surface area contributed by atoms with Gasteiger partial charge in [0.2, 0.25) is 0 Å². The minimum absolute atomic E-state index is 0.0983. The fraction of sp³-hybridized carbons (Fsp3) is 0.167. The van der Waals surface area contributed by atoms with E-state index in [4.69, 9.17) is 23.2 Å². The number of aromatic nitrogens is 2. The Bertz CT molecular complexity index is 763. The summed E-state index contributed by atoms with van der Waals surface area (Å²) in [6.07, 6.45) is 1.28. The van der Waals surface area contributed by atoms with Gasteiger partial charge in [0, 0.05) is 5.02 Å². The Balaban J connectivity index is 2.44. The van der Waals surface area contributed by atoms with Gasteiger partial charge < -0.3 is 0 Å². The molecule has 0 aliphatic rings. The van der Waals surface area contributed by atoms with E-state index < -0.39 is 10.0 Å². The predicted octanol–water partition coefficient (Wildman–Crippen LogP) is 3.20. The molecule has 0 spiro atoms. The zero-order valence-corrected chi connectivity index (χ0v) is 13.0. The minimum Gasteiger partial charge on any atom is -0.262 e. The molecule has 8 heteroatoms. The Morgan fingerprint density at radius 1 is 1.20 bits per heavy atom. The zero-order valence-electron chi connectivity index (χ0n) is 10.7. The van der Waals surface area contributed by atoms with E-state index in [1.807, 2.05) is 0 Å². The van der Waals surface area contributed by atoms with Gasteiger partial charge in [0.15, 0.2) is 5.82 Å². The van der Waals surface area contributed by atoms with Gasteiger partial charge >= 0.3 is 0 Å². The summed E-state index contributed by atoms with van der Waals surface area (Å²) in [6, 6.07) is 4.68. The second-order valence-corrected chi connectivity index (χ2v) is 6.54. The Hall–Kier alpha value is -1.37. The summed E-state index contributed by atoms with van der Waals surface area (Å²) in [5, 5.41) is 0.580. The summed E-state index contributed by atoms with van der Waals surface area (Å²) < 4.78 is 27.1. The highest BCUT2D eigenvalue weighted by Gasteiger charge is 2.20. The van der Waals surface area contributed by atoms with Crippen LogP contribution in [0.5, 0.6) is 0 Å². The molecule has 0 aliphatic carbocycles. The first kappa shape index (κ1) is 15.0. The number of halogens is 2. The van der Waals surface area contributed by atoms with Crippen LogP contribution in [0.1, 0.15) is 11.3 Å². The maximum Gasteiger partial charge on any atom is 0.263 e. The van der Waals surface area contributed by atoms with Crippen molar-refractivity contribution in [2.75, 3.05) is 4.72 Å². The maximum absolute atomic E-state index is 12.3. The van der Waals surface area contributed by atoms with Crippen LogP contribution in [0.4, 0.5) is 5.82 Å². The quantitative estimate of drug-likeness (QED) is 0.937. The third-order valence-corrected chi connectivity index (χ3v) is 4.73. The molecule has 0 amide bonds. The van der Waals surface area contributed by atoms with Gasteiger partial charge in [0.1, 0.15) is 5.15 Å². The highest BCUT2D eigenvalue weighted by molar-refractivity contribution is 7.92. The van der Waals surface area contributed by atoms with Crippen molar-refractivity contribution in [2.45, 2.75) is 18.7 Å². The average Bonchev–Trinajstić information content (AvgIpc) is 2.36. The molecule has 0 atom stereocenters. The monoisotopic (exact) mass is 331 g/mol. The lowest BCUT2D eigenvalue weighted by atomic mass is 10.2. The Morgan fingerprint density at radius 2 is 1.90 bits per heavy atom. The molecule has 0 radical (unpaired) electrons. The molecular weight excluding hydrogens is 321 g/mol. The van der Waals surface area contributed by atoms with Crippen LogP contribution in [-0.4, -0.2) is 18.4 Å². The first-order valence-electron chi connectivity index (χ1n) is 5.58. The topological polar surface area (TPSA) is 72.0 Å². The SMILES string of the molecule is Cc1nc(Cl)cnc1NS(=O)(=O)c1cccc(Cl)c1C. The van der Waals surface area contributed by atoms with E-state index in [0.717, 1.165) is 0 Å². The second kappa shape index (κ2) is 5.55. The Kier molecular flexibility index (Phi) is 4.17.